The van der Waals surface area contributed by atoms with Crippen LogP contribution in [0.15, 0.2) is 23.1 Å². The second kappa shape index (κ2) is 10.0. The molecule has 1 aliphatic heterocycles. The number of halogens is 1. The van der Waals surface area contributed by atoms with E-state index in [0.29, 0.717) is 29.5 Å². The number of hydrogen-bond acceptors (Lipinski definition) is 6. The summed E-state index contributed by atoms with van der Waals surface area (Å²) in [5.41, 5.74) is 0.614. The van der Waals surface area contributed by atoms with Crippen molar-refractivity contribution in [3.63, 3.8) is 0 Å². The molecule has 0 spiro atoms. The van der Waals surface area contributed by atoms with E-state index in [9.17, 15) is 14.4 Å². The fraction of sp³-hybridized carbons (Fsp3) is 0.278. The molecule has 0 bridgehead atoms. The van der Waals surface area contributed by atoms with Gasteiger partial charge in [-0.1, -0.05) is 23.6 Å². The van der Waals surface area contributed by atoms with Gasteiger partial charge in [0.25, 0.3) is 11.1 Å². The summed E-state index contributed by atoms with van der Waals surface area (Å²) in [4.78, 5) is 37.4. The summed E-state index contributed by atoms with van der Waals surface area (Å²) < 4.78 is 10.1. The molecule has 9 heteroatoms. The first kappa shape index (κ1) is 20.8. The number of carbonyl (C=O) groups excluding carboxylic acids is 3. The Morgan fingerprint density at radius 3 is 2.89 bits per heavy atom. The van der Waals surface area contributed by atoms with Crippen LogP contribution in [0.5, 0.6) is 5.75 Å². The Balaban J connectivity index is 2.06. The van der Waals surface area contributed by atoms with E-state index in [-0.39, 0.29) is 18.1 Å². The van der Waals surface area contributed by atoms with E-state index in [1.165, 1.54) is 13.2 Å². The van der Waals surface area contributed by atoms with Crippen LogP contribution in [0, 0.1) is 12.3 Å². The number of ether oxygens (including phenoxy) is 2. The number of nitrogens with one attached hydrogen (secondary N) is 1. The molecule has 0 aromatic heterocycles. The van der Waals surface area contributed by atoms with Crippen LogP contribution in [0.3, 0.4) is 0 Å². The maximum Gasteiger partial charge on any atom is 0.294 e. The molecule has 27 heavy (non-hydrogen) atoms. The van der Waals surface area contributed by atoms with Gasteiger partial charge in [-0.15, -0.1) is 6.42 Å². The zero-order valence-corrected chi connectivity index (χ0v) is 16.1. The van der Waals surface area contributed by atoms with E-state index >= 15 is 0 Å². The van der Waals surface area contributed by atoms with Crippen molar-refractivity contribution in [2.75, 3.05) is 33.4 Å². The number of amides is 3. The van der Waals surface area contributed by atoms with Gasteiger partial charge in [0.1, 0.15) is 18.9 Å². The van der Waals surface area contributed by atoms with Crippen LogP contribution in [0.2, 0.25) is 5.02 Å². The highest BCUT2D eigenvalue weighted by Crippen LogP contribution is 2.33. The van der Waals surface area contributed by atoms with Gasteiger partial charge in [-0.2, -0.15) is 0 Å². The molecule has 0 atom stereocenters. The molecule has 142 valence electrons. The second-order valence-electron chi connectivity index (χ2n) is 5.29. The van der Waals surface area contributed by atoms with Gasteiger partial charge in [-0.25, -0.2) is 0 Å². The standard InChI is InChI=1S/C18H17ClN2O5S/c1-3-7-26-14-5-4-12(9-13(14)19)10-15-17(23)21(18(24)27-15)11-16(22)20-6-8-25-2/h1,4-5,9-10H,6-8,11H2,2H3,(H,20,22)/b15-10-. The summed E-state index contributed by atoms with van der Waals surface area (Å²) in [6, 6.07) is 4.90. The van der Waals surface area contributed by atoms with Crippen molar-refractivity contribution in [1.29, 1.82) is 0 Å². The molecule has 1 N–H and O–H groups in total. The zero-order chi connectivity index (χ0) is 19.8. The maximum absolute atomic E-state index is 12.4. The van der Waals surface area contributed by atoms with Crippen molar-refractivity contribution >= 4 is 46.5 Å². The highest BCUT2D eigenvalue weighted by molar-refractivity contribution is 8.18. The Morgan fingerprint density at radius 1 is 1.44 bits per heavy atom. The van der Waals surface area contributed by atoms with E-state index in [0.717, 1.165) is 16.7 Å². The quantitative estimate of drug-likeness (QED) is 0.403. The molecule has 2 rings (SSSR count). The van der Waals surface area contributed by atoms with Gasteiger partial charge in [0.2, 0.25) is 5.91 Å². The topological polar surface area (TPSA) is 84.9 Å². The summed E-state index contributed by atoms with van der Waals surface area (Å²) in [5.74, 6) is 1.80. The lowest BCUT2D eigenvalue weighted by Gasteiger charge is -2.12. The molecule has 0 unspecified atom stereocenters. The molecule has 1 saturated heterocycles. The third kappa shape index (κ3) is 5.76. The average molecular weight is 409 g/mol. The van der Waals surface area contributed by atoms with Crippen molar-refractivity contribution < 1.29 is 23.9 Å². The normalized spacial score (nSPS) is 15.1. The first-order valence-electron chi connectivity index (χ1n) is 7.83. The van der Waals surface area contributed by atoms with Gasteiger partial charge in [-0.05, 0) is 35.5 Å². The van der Waals surface area contributed by atoms with Gasteiger partial charge < -0.3 is 14.8 Å². The Hall–Kier alpha value is -2.47. The molecule has 0 saturated carbocycles. The summed E-state index contributed by atoms with van der Waals surface area (Å²) in [7, 11) is 1.51. The van der Waals surface area contributed by atoms with Gasteiger partial charge in [-0.3, -0.25) is 19.3 Å². The van der Waals surface area contributed by atoms with Gasteiger partial charge >= 0.3 is 0 Å². The molecular formula is C18H17ClN2O5S. The van der Waals surface area contributed by atoms with Crippen LogP contribution < -0.4 is 10.1 Å². The minimum absolute atomic E-state index is 0.0877. The number of rotatable bonds is 8. The average Bonchev–Trinajstić information content (AvgIpc) is 2.89. The minimum Gasteiger partial charge on any atom is -0.479 e. The minimum atomic E-state index is -0.532. The summed E-state index contributed by atoms with van der Waals surface area (Å²) in [6.45, 7) is 0.388. The maximum atomic E-state index is 12.4. The van der Waals surface area contributed by atoms with Crippen LogP contribution in [0.25, 0.3) is 6.08 Å². The molecule has 0 radical (unpaired) electrons. The third-order valence-electron chi connectivity index (χ3n) is 3.37. The molecular weight excluding hydrogens is 392 g/mol. The number of nitrogens with zero attached hydrogens (tertiary/aromatic N) is 1. The lowest BCUT2D eigenvalue weighted by molar-refractivity contribution is -0.129. The van der Waals surface area contributed by atoms with E-state index < -0.39 is 17.1 Å². The van der Waals surface area contributed by atoms with Gasteiger partial charge in [0.05, 0.1) is 16.5 Å². The molecule has 7 nitrogen and oxygen atoms in total. The highest BCUT2D eigenvalue weighted by Gasteiger charge is 2.36. The highest BCUT2D eigenvalue weighted by atomic mass is 35.5. The number of benzene rings is 1. The van der Waals surface area contributed by atoms with Crippen LogP contribution >= 0.6 is 23.4 Å². The molecule has 1 aromatic carbocycles. The van der Waals surface area contributed by atoms with Crippen LogP contribution in [0.4, 0.5) is 4.79 Å². The second-order valence-corrected chi connectivity index (χ2v) is 6.69. The van der Waals surface area contributed by atoms with Gasteiger partial charge in [0, 0.05) is 13.7 Å². The molecule has 1 aromatic rings. The predicted octanol–water partition coefficient (Wildman–Crippen LogP) is 2.15. The smallest absolute Gasteiger partial charge is 0.294 e. The number of hydrogen-bond donors (Lipinski definition) is 1. The number of terminal acetylenes is 1. The summed E-state index contributed by atoms with van der Waals surface area (Å²) >= 11 is 6.88. The molecule has 1 heterocycles. The van der Waals surface area contributed by atoms with Gasteiger partial charge in [0.15, 0.2) is 0 Å². The van der Waals surface area contributed by atoms with Crippen molar-refractivity contribution in [2.45, 2.75) is 0 Å². The fourth-order valence-electron chi connectivity index (χ4n) is 2.12. The Bertz CT molecular complexity index is 818. The number of carbonyl (C=O) groups is 3. The van der Waals surface area contributed by atoms with E-state index in [1.807, 2.05) is 0 Å². The fourth-order valence-corrected chi connectivity index (χ4v) is 3.20. The number of methoxy groups -OCH3 is 1. The Labute approximate surface area is 166 Å². The monoisotopic (exact) mass is 408 g/mol. The third-order valence-corrected chi connectivity index (χ3v) is 4.57. The van der Waals surface area contributed by atoms with E-state index in [4.69, 9.17) is 27.5 Å². The lowest BCUT2D eigenvalue weighted by Crippen LogP contribution is -2.40. The van der Waals surface area contributed by atoms with Crippen molar-refractivity contribution in [3.05, 3.63) is 33.7 Å². The molecule has 3 amide bonds. The van der Waals surface area contributed by atoms with E-state index in [2.05, 4.69) is 11.2 Å². The lowest BCUT2D eigenvalue weighted by atomic mass is 10.2. The summed E-state index contributed by atoms with van der Waals surface area (Å²) in [5, 5.41) is 2.39. The van der Waals surface area contributed by atoms with Crippen LogP contribution in [0.1, 0.15) is 5.56 Å². The van der Waals surface area contributed by atoms with Crippen molar-refractivity contribution in [1.82, 2.24) is 10.2 Å². The van der Waals surface area contributed by atoms with Crippen LogP contribution in [-0.4, -0.2) is 55.4 Å². The first-order valence-corrected chi connectivity index (χ1v) is 9.02. The Morgan fingerprint density at radius 2 is 2.22 bits per heavy atom. The summed E-state index contributed by atoms with van der Waals surface area (Å²) in [6.07, 6.45) is 6.67. The molecule has 1 aliphatic rings. The number of imide groups is 1. The van der Waals surface area contributed by atoms with E-state index in [1.54, 1.807) is 18.2 Å². The Kier molecular flexibility index (Phi) is 7.73. The zero-order valence-electron chi connectivity index (χ0n) is 14.5. The largest absolute Gasteiger partial charge is 0.479 e. The van der Waals surface area contributed by atoms with Crippen molar-refractivity contribution in [3.8, 4) is 18.1 Å². The number of thioether (sulfide) groups is 1. The SMILES string of the molecule is C#CCOc1ccc(/C=C2\SC(=O)N(CC(=O)NCCOC)C2=O)cc1Cl. The predicted molar refractivity (Wildman–Crippen MR) is 103 cm³/mol. The molecule has 0 aliphatic carbocycles. The first-order chi connectivity index (χ1) is 13.0. The van der Waals surface area contributed by atoms with Crippen molar-refractivity contribution in [2.24, 2.45) is 0 Å². The van der Waals surface area contributed by atoms with Crippen LogP contribution in [-0.2, 0) is 14.3 Å². The molecule has 1 fully saturated rings.